The Morgan fingerprint density at radius 2 is 2.25 bits per heavy atom. The Labute approximate surface area is 116 Å². The largest absolute Gasteiger partial charge is 0.381 e. The Morgan fingerprint density at radius 3 is 2.80 bits per heavy atom. The molecule has 3 N–H and O–H groups in total. The molecule has 0 amide bonds. The van der Waals surface area contributed by atoms with Crippen molar-refractivity contribution >= 4 is 21.4 Å². The van der Waals surface area contributed by atoms with Gasteiger partial charge in [0.15, 0.2) is 0 Å². The number of nitrogens with two attached hydrogens (primary N) is 1. The summed E-state index contributed by atoms with van der Waals surface area (Å²) in [5.74, 6) is 0. The van der Waals surface area contributed by atoms with Crippen LogP contribution < -0.4 is 10.5 Å². The first-order chi connectivity index (χ1) is 9.38. The first kappa shape index (κ1) is 14.7. The van der Waals surface area contributed by atoms with E-state index in [1.54, 1.807) is 0 Å². The Morgan fingerprint density at radius 1 is 1.50 bits per heavy atom. The molecule has 0 radical (unpaired) electrons. The maximum atomic E-state index is 11.5. The lowest BCUT2D eigenvalue weighted by Crippen LogP contribution is -2.21. The van der Waals surface area contributed by atoms with E-state index in [-0.39, 0.29) is 22.4 Å². The number of nitro groups is 1. The van der Waals surface area contributed by atoms with Gasteiger partial charge in [0.25, 0.3) is 5.69 Å². The van der Waals surface area contributed by atoms with Crippen molar-refractivity contribution in [2.75, 3.05) is 18.5 Å². The zero-order valence-corrected chi connectivity index (χ0v) is 11.4. The molecule has 1 fully saturated rings. The Balaban J connectivity index is 2.24. The highest BCUT2D eigenvalue weighted by atomic mass is 32.2. The number of ether oxygens (including phenoxy) is 1. The summed E-state index contributed by atoms with van der Waals surface area (Å²) >= 11 is 0. The van der Waals surface area contributed by atoms with Gasteiger partial charge in [0.2, 0.25) is 10.0 Å². The van der Waals surface area contributed by atoms with Crippen molar-refractivity contribution in [3.8, 4) is 0 Å². The molecule has 1 aromatic carbocycles. The molecule has 1 aliphatic rings. The maximum Gasteiger partial charge on any atom is 0.270 e. The fourth-order valence-corrected chi connectivity index (χ4v) is 2.77. The van der Waals surface area contributed by atoms with Gasteiger partial charge >= 0.3 is 0 Å². The molecule has 20 heavy (non-hydrogen) atoms. The van der Waals surface area contributed by atoms with Gasteiger partial charge in [-0.2, -0.15) is 0 Å². The molecule has 1 saturated heterocycles. The second-order valence-electron chi connectivity index (χ2n) is 4.50. The Bertz CT molecular complexity index is 610. The van der Waals surface area contributed by atoms with Crippen molar-refractivity contribution in [2.24, 2.45) is 5.14 Å². The van der Waals surface area contributed by atoms with Crippen LogP contribution in [0.15, 0.2) is 23.1 Å². The predicted molar refractivity (Wildman–Crippen MR) is 71.9 cm³/mol. The number of hydrogen-bond acceptors (Lipinski definition) is 6. The number of nitro benzene ring substituents is 1. The third-order valence-corrected chi connectivity index (χ3v) is 3.98. The number of anilines is 1. The van der Waals surface area contributed by atoms with Crippen LogP contribution >= 0.6 is 0 Å². The third kappa shape index (κ3) is 3.44. The highest BCUT2D eigenvalue weighted by Crippen LogP contribution is 2.26. The maximum absolute atomic E-state index is 11.5. The van der Waals surface area contributed by atoms with Crippen molar-refractivity contribution in [2.45, 2.75) is 23.8 Å². The van der Waals surface area contributed by atoms with Gasteiger partial charge in [-0.25, -0.2) is 13.6 Å². The van der Waals surface area contributed by atoms with E-state index in [0.717, 1.165) is 18.9 Å². The van der Waals surface area contributed by atoms with Gasteiger partial charge in [-0.3, -0.25) is 10.1 Å². The number of primary sulfonamides is 1. The average molecular weight is 301 g/mol. The van der Waals surface area contributed by atoms with Crippen LogP contribution in [-0.2, 0) is 14.8 Å². The standard InChI is InChI=1S/C11H15N3O5S/c12-20(17,18)11-6-8(14(15)16)3-4-10(11)13-7-9-2-1-5-19-9/h3-4,6,9,13H,1-2,5,7H2,(H2,12,17,18). The van der Waals surface area contributed by atoms with E-state index in [9.17, 15) is 18.5 Å². The van der Waals surface area contributed by atoms with Crippen molar-refractivity contribution in [3.63, 3.8) is 0 Å². The van der Waals surface area contributed by atoms with Crippen LogP contribution in [-0.4, -0.2) is 32.6 Å². The summed E-state index contributed by atoms with van der Waals surface area (Å²) in [7, 11) is -4.04. The molecule has 0 bridgehead atoms. The summed E-state index contributed by atoms with van der Waals surface area (Å²) < 4.78 is 28.4. The lowest BCUT2D eigenvalue weighted by Gasteiger charge is -2.14. The molecule has 1 unspecified atom stereocenters. The van der Waals surface area contributed by atoms with Crippen molar-refractivity contribution in [3.05, 3.63) is 28.3 Å². The van der Waals surface area contributed by atoms with Gasteiger partial charge in [-0.05, 0) is 18.9 Å². The second-order valence-corrected chi connectivity index (χ2v) is 6.03. The highest BCUT2D eigenvalue weighted by molar-refractivity contribution is 7.89. The SMILES string of the molecule is NS(=O)(=O)c1cc([N+](=O)[O-])ccc1NCC1CCCO1. The number of nitrogens with zero attached hydrogens (tertiary/aromatic N) is 1. The molecule has 1 aromatic rings. The lowest BCUT2D eigenvalue weighted by molar-refractivity contribution is -0.385. The summed E-state index contributed by atoms with van der Waals surface area (Å²) in [4.78, 5) is 9.73. The van der Waals surface area contributed by atoms with Gasteiger partial charge in [-0.15, -0.1) is 0 Å². The number of benzene rings is 1. The molecule has 9 heteroatoms. The molecule has 0 spiro atoms. The fraction of sp³-hybridized carbons (Fsp3) is 0.455. The van der Waals surface area contributed by atoms with E-state index in [1.165, 1.54) is 12.1 Å². The minimum absolute atomic E-state index is 0.0125. The van der Waals surface area contributed by atoms with E-state index in [0.29, 0.717) is 13.2 Å². The molecular formula is C11H15N3O5S. The quantitative estimate of drug-likeness (QED) is 0.613. The van der Waals surface area contributed by atoms with Gasteiger partial charge < -0.3 is 10.1 Å². The topological polar surface area (TPSA) is 125 Å². The van der Waals surface area contributed by atoms with Crippen LogP contribution in [0, 0.1) is 10.1 Å². The molecule has 1 aliphatic heterocycles. The minimum Gasteiger partial charge on any atom is -0.381 e. The summed E-state index contributed by atoms with van der Waals surface area (Å²) in [6.07, 6.45) is 1.87. The van der Waals surface area contributed by atoms with E-state index >= 15 is 0 Å². The molecule has 8 nitrogen and oxygen atoms in total. The number of hydrogen-bond donors (Lipinski definition) is 2. The molecule has 0 aliphatic carbocycles. The van der Waals surface area contributed by atoms with E-state index in [1.807, 2.05) is 0 Å². The molecule has 1 atom stereocenters. The van der Waals surface area contributed by atoms with Crippen LogP contribution in [0.4, 0.5) is 11.4 Å². The smallest absolute Gasteiger partial charge is 0.270 e. The summed E-state index contributed by atoms with van der Waals surface area (Å²) in [5, 5.41) is 18.7. The van der Waals surface area contributed by atoms with Crippen LogP contribution in [0.1, 0.15) is 12.8 Å². The Hall–Kier alpha value is -1.71. The number of non-ortho nitro benzene ring substituents is 1. The molecule has 1 heterocycles. The van der Waals surface area contributed by atoms with Crippen LogP contribution in [0.2, 0.25) is 0 Å². The number of rotatable bonds is 5. The zero-order valence-electron chi connectivity index (χ0n) is 10.6. The fourth-order valence-electron chi connectivity index (χ4n) is 2.04. The molecular weight excluding hydrogens is 286 g/mol. The van der Waals surface area contributed by atoms with Crippen LogP contribution in [0.3, 0.4) is 0 Å². The van der Waals surface area contributed by atoms with E-state index in [2.05, 4.69) is 5.32 Å². The van der Waals surface area contributed by atoms with Gasteiger partial charge in [-0.1, -0.05) is 0 Å². The monoisotopic (exact) mass is 301 g/mol. The lowest BCUT2D eigenvalue weighted by atomic mass is 10.2. The van der Waals surface area contributed by atoms with Crippen molar-refractivity contribution < 1.29 is 18.1 Å². The highest BCUT2D eigenvalue weighted by Gasteiger charge is 2.21. The van der Waals surface area contributed by atoms with Gasteiger partial charge in [0.05, 0.1) is 16.7 Å². The van der Waals surface area contributed by atoms with Gasteiger partial charge in [0.1, 0.15) is 4.90 Å². The second kappa shape index (κ2) is 5.73. The van der Waals surface area contributed by atoms with E-state index < -0.39 is 14.9 Å². The summed E-state index contributed by atoms with van der Waals surface area (Å²) in [6, 6.07) is 3.52. The zero-order chi connectivity index (χ0) is 14.8. The van der Waals surface area contributed by atoms with E-state index in [4.69, 9.17) is 9.88 Å². The Kier molecular flexibility index (Phi) is 4.21. The van der Waals surface area contributed by atoms with Crippen molar-refractivity contribution in [1.82, 2.24) is 0 Å². The van der Waals surface area contributed by atoms with Crippen LogP contribution in [0.25, 0.3) is 0 Å². The first-order valence-electron chi connectivity index (χ1n) is 6.04. The van der Waals surface area contributed by atoms with Crippen molar-refractivity contribution in [1.29, 1.82) is 0 Å². The van der Waals surface area contributed by atoms with Gasteiger partial charge in [0, 0.05) is 25.3 Å². The molecule has 0 aromatic heterocycles. The first-order valence-corrected chi connectivity index (χ1v) is 7.59. The minimum atomic E-state index is -4.04. The molecule has 110 valence electrons. The molecule has 0 saturated carbocycles. The summed E-state index contributed by atoms with van der Waals surface area (Å²) in [6.45, 7) is 1.12. The van der Waals surface area contributed by atoms with Crippen LogP contribution in [0.5, 0.6) is 0 Å². The number of nitrogens with one attached hydrogen (secondary N) is 1. The molecule has 2 rings (SSSR count). The summed E-state index contributed by atoms with van der Waals surface area (Å²) in [5.41, 5.74) is -0.0784. The third-order valence-electron chi connectivity index (χ3n) is 3.03. The normalized spacial score (nSPS) is 18.9. The predicted octanol–water partition coefficient (Wildman–Crippen LogP) is 0.833. The average Bonchev–Trinajstić information content (AvgIpc) is 2.88. The number of sulfonamides is 1.